The van der Waals surface area contributed by atoms with Crippen LogP contribution in [0, 0.1) is 0 Å². The number of aromatic nitrogens is 2. The van der Waals surface area contributed by atoms with Crippen molar-refractivity contribution in [1.82, 2.24) is 10.2 Å². The van der Waals surface area contributed by atoms with Gasteiger partial charge in [-0.1, -0.05) is 29.3 Å². The average molecular weight is 273 g/mol. The molecule has 5 nitrogen and oxygen atoms in total. The fraction of sp³-hybridized carbons (Fsp3) is 0.100. The zero-order valence-electron chi connectivity index (χ0n) is 8.35. The number of carboxylic acids is 1. The lowest BCUT2D eigenvalue weighted by Crippen LogP contribution is -1.95. The Balaban J connectivity index is 2.19. The first kappa shape index (κ1) is 11.9. The molecule has 0 aliphatic rings. The molecule has 88 valence electrons. The maximum Gasteiger partial charge on any atom is 0.393 e. The van der Waals surface area contributed by atoms with Gasteiger partial charge in [0.1, 0.15) is 0 Å². The fourth-order valence-corrected chi connectivity index (χ4v) is 1.56. The van der Waals surface area contributed by atoms with E-state index in [1.54, 1.807) is 18.2 Å². The number of halogens is 2. The number of benzene rings is 1. The number of rotatable bonds is 3. The van der Waals surface area contributed by atoms with E-state index in [0.29, 0.717) is 16.5 Å². The second-order valence-corrected chi connectivity index (χ2v) is 4.05. The number of carbonyl (C=O) groups is 1. The molecule has 0 spiro atoms. The molecule has 0 atom stereocenters. The van der Waals surface area contributed by atoms with Crippen LogP contribution in [0.5, 0.6) is 0 Å². The van der Waals surface area contributed by atoms with Crippen LogP contribution in [0.25, 0.3) is 0 Å². The second kappa shape index (κ2) is 4.73. The van der Waals surface area contributed by atoms with Gasteiger partial charge >= 0.3 is 11.9 Å². The minimum Gasteiger partial charge on any atom is -0.474 e. The van der Waals surface area contributed by atoms with Crippen molar-refractivity contribution in [2.45, 2.75) is 6.42 Å². The summed E-state index contributed by atoms with van der Waals surface area (Å²) in [5.41, 5.74) is 0.806. The van der Waals surface area contributed by atoms with Gasteiger partial charge in [0.05, 0.1) is 16.5 Å². The highest BCUT2D eigenvalue weighted by atomic mass is 35.5. The van der Waals surface area contributed by atoms with Gasteiger partial charge in [-0.05, 0) is 17.7 Å². The molecule has 0 amide bonds. The predicted octanol–water partition coefficient (Wildman–Crippen LogP) is 2.67. The summed E-state index contributed by atoms with van der Waals surface area (Å²) in [6, 6.07) is 5.06. The molecule has 0 radical (unpaired) electrons. The van der Waals surface area contributed by atoms with E-state index in [1.165, 1.54) is 0 Å². The van der Waals surface area contributed by atoms with Gasteiger partial charge in [-0.2, -0.15) is 0 Å². The van der Waals surface area contributed by atoms with Gasteiger partial charge in [0.2, 0.25) is 5.89 Å². The molecule has 0 fully saturated rings. The quantitative estimate of drug-likeness (QED) is 0.930. The molecule has 1 heterocycles. The molecular formula is C10H6Cl2N2O3. The summed E-state index contributed by atoms with van der Waals surface area (Å²) < 4.78 is 4.92. The van der Waals surface area contributed by atoms with E-state index in [1.807, 2.05) is 0 Å². The highest BCUT2D eigenvalue weighted by molar-refractivity contribution is 6.42. The van der Waals surface area contributed by atoms with E-state index in [2.05, 4.69) is 10.2 Å². The van der Waals surface area contributed by atoms with E-state index in [9.17, 15) is 4.79 Å². The van der Waals surface area contributed by atoms with Crippen molar-refractivity contribution in [3.63, 3.8) is 0 Å². The van der Waals surface area contributed by atoms with Crippen LogP contribution in [0.3, 0.4) is 0 Å². The molecular weight excluding hydrogens is 267 g/mol. The van der Waals surface area contributed by atoms with Crippen LogP contribution in [0.2, 0.25) is 10.0 Å². The van der Waals surface area contributed by atoms with Gasteiger partial charge in [0.25, 0.3) is 0 Å². The van der Waals surface area contributed by atoms with Gasteiger partial charge in [-0.25, -0.2) is 4.79 Å². The zero-order valence-corrected chi connectivity index (χ0v) is 9.87. The summed E-state index contributed by atoms with van der Waals surface area (Å²) in [6.45, 7) is 0. The number of hydrogen-bond donors (Lipinski definition) is 1. The van der Waals surface area contributed by atoms with Gasteiger partial charge in [-0.15, -0.1) is 10.2 Å². The summed E-state index contributed by atoms with van der Waals surface area (Å²) in [7, 11) is 0. The van der Waals surface area contributed by atoms with Crippen LogP contribution in [0.1, 0.15) is 22.1 Å². The van der Waals surface area contributed by atoms with Gasteiger partial charge in [0.15, 0.2) is 0 Å². The first-order chi connectivity index (χ1) is 8.06. The van der Waals surface area contributed by atoms with Crippen LogP contribution in [-0.2, 0) is 6.42 Å². The molecule has 1 aromatic heterocycles. The van der Waals surface area contributed by atoms with Crippen molar-refractivity contribution < 1.29 is 14.3 Å². The largest absolute Gasteiger partial charge is 0.474 e. The van der Waals surface area contributed by atoms with E-state index in [-0.39, 0.29) is 5.89 Å². The van der Waals surface area contributed by atoms with Crippen LogP contribution in [0.15, 0.2) is 22.6 Å². The first-order valence-corrected chi connectivity index (χ1v) is 5.31. The number of hydrogen-bond acceptors (Lipinski definition) is 4. The highest BCUT2D eigenvalue weighted by Crippen LogP contribution is 2.23. The normalized spacial score (nSPS) is 10.5. The van der Waals surface area contributed by atoms with E-state index in [4.69, 9.17) is 32.7 Å². The standard InChI is InChI=1S/C10H6Cl2N2O3/c11-6-2-1-5(3-7(6)12)4-8-13-14-9(17-8)10(15)16/h1-3H,4H2,(H,15,16). The third kappa shape index (κ3) is 2.75. The van der Waals surface area contributed by atoms with Crippen molar-refractivity contribution in [2.24, 2.45) is 0 Å². The Morgan fingerprint density at radius 3 is 2.65 bits per heavy atom. The Morgan fingerprint density at radius 2 is 2.06 bits per heavy atom. The summed E-state index contributed by atoms with van der Waals surface area (Å²) in [6.07, 6.45) is 0.303. The van der Waals surface area contributed by atoms with Crippen LogP contribution in [-0.4, -0.2) is 21.3 Å². The molecule has 0 unspecified atom stereocenters. The third-order valence-electron chi connectivity index (χ3n) is 1.99. The fourth-order valence-electron chi connectivity index (χ4n) is 1.24. The number of carboxylic acid groups (broad SMARTS) is 1. The van der Waals surface area contributed by atoms with Gasteiger partial charge in [-0.3, -0.25) is 0 Å². The van der Waals surface area contributed by atoms with Crippen molar-refractivity contribution in [3.8, 4) is 0 Å². The first-order valence-electron chi connectivity index (χ1n) is 4.56. The Kier molecular flexibility index (Phi) is 3.31. The SMILES string of the molecule is O=C(O)c1nnc(Cc2ccc(Cl)c(Cl)c2)o1. The Morgan fingerprint density at radius 1 is 1.29 bits per heavy atom. The van der Waals surface area contributed by atoms with Crippen LogP contribution in [0.4, 0.5) is 0 Å². The Hall–Kier alpha value is -1.59. The molecule has 1 N–H and O–H groups in total. The Bertz CT molecular complexity index is 568. The van der Waals surface area contributed by atoms with E-state index in [0.717, 1.165) is 5.56 Å². The minimum atomic E-state index is -1.25. The third-order valence-corrected chi connectivity index (χ3v) is 2.73. The monoisotopic (exact) mass is 272 g/mol. The smallest absolute Gasteiger partial charge is 0.393 e. The molecule has 0 aliphatic carbocycles. The maximum absolute atomic E-state index is 10.5. The Labute approximate surface area is 106 Å². The minimum absolute atomic E-state index is 0.209. The average Bonchev–Trinajstić information content (AvgIpc) is 2.72. The molecule has 2 aromatic rings. The molecule has 0 bridgehead atoms. The van der Waals surface area contributed by atoms with E-state index < -0.39 is 11.9 Å². The van der Waals surface area contributed by atoms with Gasteiger partial charge < -0.3 is 9.52 Å². The van der Waals surface area contributed by atoms with Crippen molar-refractivity contribution in [2.75, 3.05) is 0 Å². The summed E-state index contributed by atoms with van der Waals surface area (Å²) >= 11 is 11.6. The molecule has 1 aromatic carbocycles. The van der Waals surface area contributed by atoms with Crippen molar-refractivity contribution >= 4 is 29.2 Å². The second-order valence-electron chi connectivity index (χ2n) is 3.23. The lowest BCUT2D eigenvalue weighted by molar-refractivity contribution is 0.0651. The number of aromatic carboxylic acids is 1. The van der Waals surface area contributed by atoms with Gasteiger partial charge in [0, 0.05) is 0 Å². The number of nitrogens with zero attached hydrogens (tertiary/aromatic N) is 2. The summed E-state index contributed by atoms with van der Waals surface area (Å²) in [5.74, 6) is -1.47. The summed E-state index contributed by atoms with van der Waals surface area (Å²) in [5, 5.41) is 16.5. The molecule has 0 aliphatic heterocycles. The van der Waals surface area contributed by atoms with Crippen LogP contribution < -0.4 is 0 Å². The topological polar surface area (TPSA) is 76.2 Å². The predicted molar refractivity (Wildman–Crippen MR) is 60.5 cm³/mol. The molecule has 7 heteroatoms. The molecule has 17 heavy (non-hydrogen) atoms. The van der Waals surface area contributed by atoms with E-state index >= 15 is 0 Å². The zero-order chi connectivity index (χ0) is 12.4. The maximum atomic E-state index is 10.5. The van der Waals surface area contributed by atoms with Crippen molar-refractivity contribution in [1.29, 1.82) is 0 Å². The lowest BCUT2D eigenvalue weighted by atomic mass is 10.1. The molecule has 2 rings (SSSR count). The van der Waals surface area contributed by atoms with Crippen LogP contribution >= 0.6 is 23.2 Å². The highest BCUT2D eigenvalue weighted by Gasteiger charge is 2.13. The lowest BCUT2D eigenvalue weighted by Gasteiger charge is -1.99. The van der Waals surface area contributed by atoms with Crippen molar-refractivity contribution in [3.05, 3.63) is 45.6 Å². The summed E-state index contributed by atoms with van der Waals surface area (Å²) in [4.78, 5) is 10.5. The molecule has 0 saturated carbocycles. The molecule has 0 saturated heterocycles.